The maximum atomic E-state index is 12.4. The number of amides is 2. The molecule has 1 saturated heterocycles. The van der Waals surface area contributed by atoms with Gasteiger partial charge in [0.05, 0.1) is 10.0 Å². The predicted octanol–water partition coefficient (Wildman–Crippen LogP) is 4.25. The highest BCUT2D eigenvalue weighted by Crippen LogP contribution is 2.32. The number of carbonyl (C=O) groups is 2. The predicted molar refractivity (Wildman–Crippen MR) is 106 cm³/mol. The number of hydrogen-bond acceptors (Lipinski definition) is 3. The number of ether oxygens (including phenoxy) is 1. The van der Waals surface area contributed by atoms with E-state index in [0.717, 1.165) is 5.69 Å². The van der Waals surface area contributed by atoms with Crippen molar-refractivity contribution < 1.29 is 14.3 Å². The number of benzene rings is 2. The van der Waals surface area contributed by atoms with Crippen molar-refractivity contribution >= 4 is 40.7 Å². The third-order valence-corrected chi connectivity index (χ3v) is 5.11. The Morgan fingerprint density at radius 1 is 1.00 bits per heavy atom. The Labute approximate surface area is 168 Å². The first-order chi connectivity index (χ1) is 13.0. The van der Waals surface area contributed by atoms with Crippen molar-refractivity contribution in [1.29, 1.82) is 0 Å². The van der Waals surface area contributed by atoms with Crippen molar-refractivity contribution in [2.24, 2.45) is 5.92 Å². The van der Waals surface area contributed by atoms with Gasteiger partial charge in [0.25, 0.3) is 5.91 Å². The van der Waals surface area contributed by atoms with Crippen LogP contribution >= 0.6 is 23.2 Å². The lowest BCUT2D eigenvalue weighted by atomic mass is 9.95. The molecular formula is C20H20Cl2N2O3. The number of nitrogens with one attached hydrogen (secondary N) is 1. The highest BCUT2D eigenvalue weighted by atomic mass is 35.5. The van der Waals surface area contributed by atoms with Gasteiger partial charge in [-0.3, -0.25) is 9.59 Å². The van der Waals surface area contributed by atoms with Gasteiger partial charge < -0.3 is 15.0 Å². The first-order valence-electron chi connectivity index (χ1n) is 8.75. The number of likely N-dealkylation sites (tertiary alicyclic amines) is 1. The van der Waals surface area contributed by atoms with Gasteiger partial charge in [-0.2, -0.15) is 0 Å². The van der Waals surface area contributed by atoms with E-state index < -0.39 is 0 Å². The van der Waals surface area contributed by atoms with Gasteiger partial charge in [0.1, 0.15) is 0 Å². The molecule has 1 N–H and O–H groups in total. The minimum atomic E-state index is -0.145. The van der Waals surface area contributed by atoms with Gasteiger partial charge >= 0.3 is 0 Å². The number of anilines is 1. The summed E-state index contributed by atoms with van der Waals surface area (Å²) in [4.78, 5) is 26.4. The Balaban J connectivity index is 1.47. The number of hydrogen-bond donors (Lipinski definition) is 1. The minimum Gasteiger partial charge on any atom is -0.481 e. The zero-order chi connectivity index (χ0) is 19.2. The van der Waals surface area contributed by atoms with Crippen LogP contribution in [0.1, 0.15) is 12.8 Å². The maximum Gasteiger partial charge on any atom is 0.260 e. The number of piperidine rings is 1. The van der Waals surface area contributed by atoms with Gasteiger partial charge in [-0.15, -0.1) is 0 Å². The molecular weight excluding hydrogens is 387 g/mol. The van der Waals surface area contributed by atoms with Gasteiger partial charge in [0.2, 0.25) is 5.91 Å². The molecule has 0 aromatic heterocycles. The molecule has 0 unspecified atom stereocenters. The average molecular weight is 407 g/mol. The summed E-state index contributed by atoms with van der Waals surface area (Å²) < 4.78 is 5.50. The van der Waals surface area contributed by atoms with Crippen LogP contribution in [0.4, 0.5) is 5.69 Å². The molecule has 5 nitrogen and oxygen atoms in total. The smallest absolute Gasteiger partial charge is 0.260 e. The van der Waals surface area contributed by atoms with Crippen LogP contribution in [-0.4, -0.2) is 36.4 Å². The fourth-order valence-corrected chi connectivity index (χ4v) is 3.51. The van der Waals surface area contributed by atoms with E-state index in [0.29, 0.717) is 41.7 Å². The number of nitrogens with zero attached hydrogens (tertiary/aromatic N) is 1. The molecule has 0 bridgehead atoms. The maximum absolute atomic E-state index is 12.4. The van der Waals surface area contributed by atoms with E-state index in [9.17, 15) is 9.59 Å². The van der Waals surface area contributed by atoms with Crippen molar-refractivity contribution in [2.75, 3.05) is 25.0 Å². The van der Waals surface area contributed by atoms with E-state index in [2.05, 4.69) is 5.32 Å². The van der Waals surface area contributed by atoms with Crippen LogP contribution in [-0.2, 0) is 9.59 Å². The fraction of sp³-hybridized carbons (Fsp3) is 0.300. The summed E-state index contributed by atoms with van der Waals surface area (Å²) in [5.41, 5.74) is 0.783. The lowest BCUT2D eigenvalue weighted by Crippen LogP contribution is -2.43. The van der Waals surface area contributed by atoms with Gasteiger partial charge in [-0.1, -0.05) is 47.5 Å². The van der Waals surface area contributed by atoms with Gasteiger partial charge in [0, 0.05) is 24.7 Å². The third kappa shape index (κ3) is 5.15. The van der Waals surface area contributed by atoms with E-state index in [-0.39, 0.29) is 24.3 Å². The molecule has 3 rings (SSSR count). The molecule has 2 aromatic rings. The van der Waals surface area contributed by atoms with Crippen molar-refractivity contribution in [1.82, 2.24) is 4.90 Å². The van der Waals surface area contributed by atoms with E-state index in [1.165, 1.54) is 0 Å². The first-order valence-corrected chi connectivity index (χ1v) is 9.50. The number of rotatable bonds is 5. The van der Waals surface area contributed by atoms with E-state index in [1.807, 2.05) is 30.3 Å². The summed E-state index contributed by atoms with van der Waals surface area (Å²) in [6.07, 6.45) is 1.24. The Morgan fingerprint density at radius 3 is 2.26 bits per heavy atom. The van der Waals surface area contributed by atoms with E-state index >= 15 is 0 Å². The lowest BCUT2D eigenvalue weighted by Gasteiger charge is -2.31. The van der Waals surface area contributed by atoms with Crippen LogP contribution in [0.2, 0.25) is 10.0 Å². The second-order valence-corrected chi connectivity index (χ2v) is 7.16. The summed E-state index contributed by atoms with van der Waals surface area (Å²) in [7, 11) is 0. The molecule has 0 radical (unpaired) electrons. The van der Waals surface area contributed by atoms with Crippen molar-refractivity contribution in [3.8, 4) is 5.75 Å². The van der Waals surface area contributed by atoms with Gasteiger partial charge in [-0.25, -0.2) is 0 Å². The monoisotopic (exact) mass is 406 g/mol. The van der Waals surface area contributed by atoms with Crippen LogP contribution in [0.25, 0.3) is 0 Å². The summed E-state index contributed by atoms with van der Waals surface area (Å²) in [6.45, 7) is 0.904. The molecule has 2 amide bonds. The molecule has 142 valence electrons. The number of halogens is 2. The normalized spacial score (nSPS) is 14.7. The number of para-hydroxylation sites is 2. The Kier molecular flexibility index (Phi) is 6.58. The average Bonchev–Trinajstić information content (AvgIpc) is 2.68. The zero-order valence-corrected chi connectivity index (χ0v) is 16.2. The standard InChI is InChI=1S/C20H20Cl2N2O3/c21-16-7-4-8-17(22)19(16)27-13-18(25)24-11-9-14(10-12-24)20(26)23-15-5-2-1-3-6-15/h1-8,14H,9-13H2,(H,23,26). The zero-order valence-electron chi connectivity index (χ0n) is 14.7. The molecule has 1 heterocycles. The van der Waals surface area contributed by atoms with Crippen LogP contribution in [0.5, 0.6) is 5.75 Å². The molecule has 7 heteroatoms. The third-order valence-electron chi connectivity index (χ3n) is 4.52. The van der Waals surface area contributed by atoms with E-state index in [1.54, 1.807) is 23.1 Å². The summed E-state index contributed by atoms with van der Waals surface area (Å²) in [5.74, 6) is 0.0554. The highest BCUT2D eigenvalue weighted by Gasteiger charge is 2.27. The Hall–Kier alpha value is -2.24. The van der Waals surface area contributed by atoms with Crippen LogP contribution < -0.4 is 10.1 Å². The molecule has 1 aliphatic heterocycles. The Morgan fingerprint density at radius 2 is 1.63 bits per heavy atom. The SMILES string of the molecule is O=C(Nc1ccccc1)C1CCN(C(=O)COc2c(Cl)cccc2Cl)CC1. The van der Waals surface area contributed by atoms with Crippen LogP contribution in [0.15, 0.2) is 48.5 Å². The second-order valence-electron chi connectivity index (χ2n) is 6.35. The molecule has 0 saturated carbocycles. The summed E-state index contributed by atoms with van der Waals surface area (Å²) in [6, 6.07) is 14.4. The van der Waals surface area contributed by atoms with Crippen LogP contribution in [0.3, 0.4) is 0 Å². The van der Waals surface area contributed by atoms with Crippen molar-refractivity contribution in [3.05, 3.63) is 58.6 Å². The largest absolute Gasteiger partial charge is 0.481 e. The van der Waals surface area contributed by atoms with Crippen molar-refractivity contribution in [2.45, 2.75) is 12.8 Å². The molecule has 1 fully saturated rings. The quantitative estimate of drug-likeness (QED) is 0.806. The number of carbonyl (C=O) groups excluding carboxylic acids is 2. The van der Waals surface area contributed by atoms with E-state index in [4.69, 9.17) is 27.9 Å². The molecule has 0 spiro atoms. The molecule has 0 aliphatic carbocycles. The minimum absolute atomic E-state index is 0.00704. The van der Waals surface area contributed by atoms with Gasteiger partial charge in [-0.05, 0) is 37.1 Å². The Bertz CT molecular complexity index is 786. The molecule has 2 aromatic carbocycles. The molecule has 0 atom stereocenters. The first kappa shape index (κ1) is 19.5. The molecule has 1 aliphatic rings. The second kappa shape index (κ2) is 9.11. The van der Waals surface area contributed by atoms with Crippen LogP contribution in [0, 0.1) is 5.92 Å². The fourth-order valence-electron chi connectivity index (χ4n) is 3.00. The topological polar surface area (TPSA) is 58.6 Å². The molecule has 27 heavy (non-hydrogen) atoms. The summed E-state index contributed by atoms with van der Waals surface area (Å²) >= 11 is 12.1. The van der Waals surface area contributed by atoms with Gasteiger partial charge in [0.15, 0.2) is 12.4 Å². The van der Waals surface area contributed by atoms with Crippen molar-refractivity contribution in [3.63, 3.8) is 0 Å². The summed E-state index contributed by atoms with van der Waals surface area (Å²) in [5, 5.41) is 3.65. The lowest BCUT2D eigenvalue weighted by molar-refractivity contribution is -0.136. The highest BCUT2D eigenvalue weighted by molar-refractivity contribution is 6.37.